The zero-order valence-corrected chi connectivity index (χ0v) is 9.25. The molecule has 0 atom stereocenters. The molecular formula is C11H9N5O2. The van der Waals surface area contributed by atoms with Gasteiger partial charge in [-0.05, 0) is 17.4 Å². The molecular weight excluding hydrogens is 234 g/mol. The molecule has 1 amide bonds. The minimum absolute atomic E-state index is 0.139. The van der Waals surface area contributed by atoms with Crippen molar-refractivity contribution in [2.24, 2.45) is 0 Å². The SMILES string of the molecule is O=C(Nc1nn[nH]n1)C1=Cc2ccccc2OC1. The van der Waals surface area contributed by atoms with Gasteiger partial charge in [0.25, 0.3) is 11.9 Å². The Morgan fingerprint density at radius 3 is 3.11 bits per heavy atom. The van der Waals surface area contributed by atoms with Gasteiger partial charge in [0, 0.05) is 5.56 Å². The van der Waals surface area contributed by atoms with E-state index in [0.29, 0.717) is 5.57 Å². The number of aromatic amines is 1. The van der Waals surface area contributed by atoms with Gasteiger partial charge in [-0.15, -0.1) is 5.10 Å². The number of carbonyl (C=O) groups is 1. The van der Waals surface area contributed by atoms with Crippen molar-refractivity contribution in [3.8, 4) is 5.75 Å². The molecule has 1 aromatic carbocycles. The van der Waals surface area contributed by atoms with E-state index >= 15 is 0 Å². The van der Waals surface area contributed by atoms with E-state index in [9.17, 15) is 4.79 Å². The van der Waals surface area contributed by atoms with Gasteiger partial charge in [-0.1, -0.05) is 23.3 Å². The Labute approximate surface area is 102 Å². The van der Waals surface area contributed by atoms with Crippen molar-refractivity contribution in [1.82, 2.24) is 20.6 Å². The van der Waals surface area contributed by atoms with Crippen LogP contribution < -0.4 is 10.1 Å². The number of anilines is 1. The average molecular weight is 243 g/mol. The molecule has 3 rings (SSSR count). The molecule has 1 aliphatic heterocycles. The molecule has 2 N–H and O–H groups in total. The van der Waals surface area contributed by atoms with Crippen LogP contribution in [0.2, 0.25) is 0 Å². The molecule has 0 spiro atoms. The van der Waals surface area contributed by atoms with Gasteiger partial charge >= 0.3 is 0 Å². The fraction of sp³-hybridized carbons (Fsp3) is 0.0909. The molecule has 0 bridgehead atoms. The number of nitrogens with one attached hydrogen (secondary N) is 2. The summed E-state index contributed by atoms with van der Waals surface area (Å²) in [5, 5.41) is 15.4. The number of fused-ring (bicyclic) bond motifs is 1. The lowest BCUT2D eigenvalue weighted by Gasteiger charge is -2.16. The lowest BCUT2D eigenvalue weighted by Crippen LogP contribution is -2.21. The van der Waals surface area contributed by atoms with Crippen molar-refractivity contribution in [1.29, 1.82) is 0 Å². The summed E-state index contributed by atoms with van der Waals surface area (Å²) in [4.78, 5) is 11.9. The second-order valence-electron chi connectivity index (χ2n) is 3.69. The number of hydrogen-bond acceptors (Lipinski definition) is 5. The van der Waals surface area contributed by atoms with Crippen LogP contribution in [0.4, 0.5) is 5.95 Å². The lowest BCUT2D eigenvalue weighted by atomic mass is 10.1. The maximum atomic E-state index is 11.9. The fourth-order valence-electron chi connectivity index (χ4n) is 1.64. The van der Waals surface area contributed by atoms with Crippen molar-refractivity contribution in [3.05, 3.63) is 35.4 Å². The largest absolute Gasteiger partial charge is 0.488 e. The van der Waals surface area contributed by atoms with Crippen molar-refractivity contribution in [3.63, 3.8) is 0 Å². The van der Waals surface area contributed by atoms with E-state index in [0.717, 1.165) is 11.3 Å². The molecule has 7 nitrogen and oxygen atoms in total. The highest BCUT2D eigenvalue weighted by molar-refractivity contribution is 6.06. The van der Waals surface area contributed by atoms with E-state index < -0.39 is 0 Å². The number of aromatic nitrogens is 4. The zero-order chi connectivity index (χ0) is 12.4. The maximum Gasteiger partial charge on any atom is 0.270 e. The molecule has 0 fully saturated rings. The first-order chi connectivity index (χ1) is 8.83. The molecule has 1 aliphatic rings. The number of ether oxygens (including phenoxy) is 1. The molecule has 90 valence electrons. The van der Waals surface area contributed by atoms with Crippen LogP contribution in [0.3, 0.4) is 0 Å². The summed E-state index contributed by atoms with van der Waals surface area (Å²) in [6.45, 7) is 0.223. The van der Waals surface area contributed by atoms with Gasteiger partial charge in [0.1, 0.15) is 12.4 Å². The number of benzene rings is 1. The van der Waals surface area contributed by atoms with Gasteiger partial charge in [0.15, 0.2) is 0 Å². The van der Waals surface area contributed by atoms with Crippen LogP contribution in [0.1, 0.15) is 5.56 Å². The first kappa shape index (κ1) is 10.5. The standard InChI is InChI=1S/C11H9N5O2/c17-10(12-11-13-15-16-14-11)8-5-7-3-1-2-4-9(7)18-6-8/h1-5H,6H2,(H2,12,13,14,15,16,17). The van der Waals surface area contributed by atoms with E-state index in [1.807, 2.05) is 24.3 Å². The topological polar surface area (TPSA) is 92.8 Å². The van der Waals surface area contributed by atoms with Crippen molar-refractivity contribution in [2.75, 3.05) is 11.9 Å². The van der Waals surface area contributed by atoms with Gasteiger partial charge < -0.3 is 4.74 Å². The third-order valence-corrected chi connectivity index (χ3v) is 2.49. The molecule has 2 heterocycles. The second kappa shape index (κ2) is 4.28. The highest BCUT2D eigenvalue weighted by Gasteiger charge is 2.17. The Bertz CT molecular complexity index is 606. The van der Waals surface area contributed by atoms with Crippen molar-refractivity contribution >= 4 is 17.9 Å². The van der Waals surface area contributed by atoms with Crippen LogP contribution in [0, 0.1) is 0 Å². The van der Waals surface area contributed by atoms with Crippen LogP contribution in [0.5, 0.6) is 5.75 Å². The summed E-state index contributed by atoms with van der Waals surface area (Å²) >= 11 is 0. The number of para-hydroxylation sites is 1. The normalized spacial score (nSPS) is 13.2. The van der Waals surface area contributed by atoms with Crippen molar-refractivity contribution in [2.45, 2.75) is 0 Å². The number of tetrazole rings is 1. The monoisotopic (exact) mass is 243 g/mol. The summed E-state index contributed by atoms with van der Waals surface area (Å²) in [6.07, 6.45) is 1.79. The maximum absolute atomic E-state index is 11.9. The zero-order valence-electron chi connectivity index (χ0n) is 9.25. The van der Waals surface area contributed by atoms with Crippen LogP contribution in [0.25, 0.3) is 6.08 Å². The third kappa shape index (κ3) is 1.93. The first-order valence-electron chi connectivity index (χ1n) is 5.30. The molecule has 2 aromatic rings. The Balaban J connectivity index is 1.82. The van der Waals surface area contributed by atoms with E-state index in [1.165, 1.54) is 0 Å². The quantitative estimate of drug-likeness (QED) is 0.806. The van der Waals surface area contributed by atoms with Gasteiger partial charge in [0.2, 0.25) is 0 Å². The molecule has 0 radical (unpaired) electrons. The summed E-state index contributed by atoms with van der Waals surface area (Å²) in [5.41, 5.74) is 1.39. The minimum atomic E-state index is -0.300. The fourth-order valence-corrected chi connectivity index (χ4v) is 1.64. The molecule has 1 aromatic heterocycles. The highest BCUT2D eigenvalue weighted by atomic mass is 16.5. The number of carbonyl (C=O) groups excluding carboxylic acids is 1. The molecule has 0 unspecified atom stereocenters. The molecule has 0 aliphatic carbocycles. The molecule has 0 saturated carbocycles. The second-order valence-corrected chi connectivity index (χ2v) is 3.69. The van der Waals surface area contributed by atoms with E-state index in [-0.39, 0.29) is 18.5 Å². The van der Waals surface area contributed by atoms with E-state index in [1.54, 1.807) is 6.08 Å². The Kier molecular flexibility index (Phi) is 2.49. The van der Waals surface area contributed by atoms with Crippen LogP contribution in [0.15, 0.2) is 29.8 Å². The number of nitrogens with zero attached hydrogens (tertiary/aromatic N) is 3. The van der Waals surface area contributed by atoms with E-state index in [4.69, 9.17) is 4.74 Å². The summed E-state index contributed by atoms with van der Waals surface area (Å²) in [6, 6.07) is 7.52. The van der Waals surface area contributed by atoms with Crippen LogP contribution in [-0.4, -0.2) is 33.1 Å². The Morgan fingerprint density at radius 1 is 1.39 bits per heavy atom. The number of H-pyrrole nitrogens is 1. The number of hydrogen-bond donors (Lipinski definition) is 2. The molecule has 0 saturated heterocycles. The van der Waals surface area contributed by atoms with Crippen LogP contribution in [-0.2, 0) is 4.79 Å². The molecule has 7 heteroatoms. The summed E-state index contributed by atoms with van der Waals surface area (Å²) in [5.74, 6) is 0.610. The number of amides is 1. The Morgan fingerprint density at radius 2 is 2.28 bits per heavy atom. The van der Waals surface area contributed by atoms with Crippen LogP contribution >= 0.6 is 0 Å². The van der Waals surface area contributed by atoms with Gasteiger partial charge in [-0.25, -0.2) is 0 Å². The highest BCUT2D eigenvalue weighted by Crippen LogP contribution is 2.25. The third-order valence-electron chi connectivity index (χ3n) is 2.49. The predicted molar refractivity (Wildman–Crippen MR) is 62.7 cm³/mol. The lowest BCUT2D eigenvalue weighted by molar-refractivity contribution is -0.113. The van der Waals surface area contributed by atoms with Gasteiger partial charge in [0.05, 0.1) is 5.57 Å². The van der Waals surface area contributed by atoms with Crippen molar-refractivity contribution < 1.29 is 9.53 Å². The summed E-state index contributed by atoms with van der Waals surface area (Å²) in [7, 11) is 0. The Hall–Kier alpha value is -2.70. The number of rotatable bonds is 2. The summed E-state index contributed by atoms with van der Waals surface area (Å²) < 4.78 is 5.48. The predicted octanol–water partition coefficient (Wildman–Crippen LogP) is 0.614. The van der Waals surface area contributed by atoms with E-state index in [2.05, 4.69) is 25.9 Å². The smallest absolute Gasteiger partial charge is 0.270 e. The first-order valence-corrected chi connectivity index (χ1v) is 5.30. The van der Waals surface area contributed by atoms with Gasteiger partial charge in [-0.3, -0.25) is 10.1 Å². The molecule has 18 heavy (non-hydrogen) atoms. The minimum Gasteiger partial charge on any atom is -0.488 e. The average Bonchev–Trinajstić information content (AvgIpc) is 2.91. The van der Waals surface area contributed by atoms with Gasteiger partial charge in [-0.2, -0.15) is 5.21 Å².